The summed E-state index contributed by atoms with van der Waals surface area (Å²) >= 11 is 5.86. The average molecular weight is 334 g/mol. The fourth-order valence-electron chi connectivity index (χ4n) is 2.68. The molecule has 0 unspecified atom stereocenters. The molecule has 1 aliphatic heterocycles. The summed E-state index contributed by atoms with van der Waals surface area (Å²) < 4.78 is 0. The van der Waals surface area contributed by atoms with E-state index in [1.54, 1.807) is 30.0 Å². The van der Waals surface area contributed by atoms with Crippen LogP contribution in [0, 0.1) is 5.41 Å². The van der Waals surface area contributed by atoms with Gasteiger partial charge in [-0.3, -0.25) is 14.7 Å². The molecule has 0 radical (unpaired) electrons. The van der Waals surface area contributed by atoms with Gasteiger partial charge in [-0.15, -0.1) is 0 Å². The summed E-state index contributed by atoms with van der Waals surface area (Å²) in [6.45, 7) is 2.29. The molecule has 2 aromatic rings. The standard InChI is InChI=1S/C16H16ClN3O3/c1-16(15(22)23)6-7-20(9-16)14(21)13-8-12(18-19-13)10-2-4-11(17)5-3-10/h2-5,8H,6-7,9H2,1H3,(H,18,19)(H,22,23)/t16-/m1/s1. The molecule has 1 aromatic heterocycles. The van der Waals surface area contributed by atoms with Gasteiger partial charge >= 0.3 is 5.97 Å². The van der Waals surface area contributed by atoms with E-state index in [9.17, 15) is 14.7 Å². The zero-order chi connectivity index (χ0) is 16.6. The van der Waals surface area contributed by atoms with E-state index in [2.05, 4.69) is 10.2 Å². The number of hydrogen-bond donors (Lipinski definition) is 2. The Hall–Kier alpha value is -2.34. The van der Waals surface area contributed by atoms with Gasteiger partial charge in [-0.1, -0.05) is 23.7 Å². The SMILES string of the molecule is C[C@@]1(C(=O)O)CCN(C(=O)c2cc(-c3ccc(Cl)cc3)n[nH]2)C1. The van der Waals surface area contributed by atoms with Gasteiger partial charge in [0.1, 0.15) is 5.69 Å². The molecule has 2 heterocycles. The van der Waals surface area contributed by atoms with Gasteiger partial charge in [0.15, 0.2) is 0 Å². The van der Waals surface area contributed by atoms with Crippen molar-refractivity contribution in [2.24, 2.45) is 5.41 Å². The number of nitrogens with one attached hydrogen (secondary N) is 1. The molecule has 0 saturated carbocycles. The molecule has 0 bridgehead atoms. The molecule has 2 N–H and O–H groups in total. The molecule has 3 rings (SSSR count). The molecule has 0 aliphatic carbocycles. The number of nitrogens with zero attached hydrogens (tertiary/aromatic N) is 2. The van der Waals surface area contributed by atoms with Crippen molar-refractivity contribution in [1.82, 2.24) is 15.1 Å². The fourth-order valence-corrected chi connectivity index (χ4v) is 2.81. The minimum atomic E-state index is -0.880. The number of aromatic amines is 1. The van der Waals surface area contributed by atoms with Crippen molar-refractivity contribution in [2.45, 2.75) is 13.3 Å². The van der Waals surface area contributed by atoms with Gasteiger partial charge in [-0.05, 0) is 31.5 Å². The Morgan fingerprint density at radius 3 is 2.65 bits per heavy atom. The van der Waals surface area contributed by atoms with Crippen LogP contribution in [0.2, 0.25) is 5.02 Å². The molecular formula is C16H16ClN3O3. The topological polar surface area (TPSA) is 86.3 Å². The third-order valence-corrected chi connectivity index (χ3v) is 4.48. The summed E-state index contributed by atoms with van der Waals surface area (Å²) in [5.41, 5.74) is 0.964. The van der Waals surface area contributed by atoms with Crippen molar-refractivity contribution in [3.63, 3.8) is 0 Å². The summed E-state index contributed by atoms with van der Waals surface area (Å²) in [6, 6.07) is 8.83. The van der Waals surface area contributed by atoms with Crippen LogP contribution in [-0.2, 0) is 4.79 Å². The zero-order valence-corrected chi connectivity index (χ0v) is 13.3. The van der Waals surface area contributed by atoms with E-state index in [1.165, 1.54) is 0 Å². The van der Waals surface area contributed by atoms with Crippen LogP contribution in [0.3, 0.4) is 0 Å². The number of likely N-dealkylation sites (tertiary alicyclic amines) is 1. The van der Waals surface area contributed by atoms with Crippen molar-refractivity contribution in [1.29, 1.82) is 0 Å². The van der Waals surface area contributed by atoms with Crippen molar-refractivity contribution >= 4 is 23.5 Å². The maximum atomic E-state index is 12.5. The Balaban J connectivity index is 1.77. The number of aromatic nitrogens is 2. The molecule has 120 valence electrons. The third kappa shape index (κ3) is 2.94. The normalized spacial score (nSPS) is 20.7. The number of hydrogen-bond acceptors (Lipinski definition) is 3. The van der Waals surface area contributed by atoms with E-state index in [0.29, 0.717) is 29.4 Å². The number of carbonyl (C=O) groups excluding carboxylic acids is 1. The van der Waals surface area contributed by atoms with Crippen molar-refractivity contribution < 1.29 is 14.7 Å². The minimum Gasteiger partial charge on any atom is -0.481 e. The zero-order valence-electron chi connectivity index (χ0n) is 12.5. The highest BCUT2D eigenvalue weighted by Gasteiger charge is 2.42. The molecule has 1 aliphatic rings. The lowest BCUT2D eigenvalue weighted by Gasteiger charge is -2.19. The number of halogens is 1. The van der Waals surface area contributed by atoms with Gasteiger partial charge in [0, 0.05) is 23.7 Å². The summed E-state index contributed by atoms with van der Waals surface area (Å²) in [7, 11) is 0. The lowest BCUT2D eigenvalue weighted by Crippen LogP contribution is -2.35. The van der Waals surface area contributed by atoms with Crippen molar-refractivity contribution in [3.05, 3.63) is 41.0 Å². The summed E-state index contributed by atoms with van der Waals surface area (Å²) in [5, 5.41) is 16.8. The predicted octanol–water partition coefficient (Wildman–Crippen LogP) is 2.67. The highest BCUT2D eigenvalue weighted by Crippen LogP contribution is 2.31. The first-order valence-corrected chi connectivity index (χ1v) is 7.61. The molecule has 1 saturated heterocycles. The van der Waals surface area contributed by atoms with E-state index in [1.807, 2.05) is 12.1 Å². The maximum Gasteiger partial charge on any atom is 0.311 e. The van der Waals surface area contributed by atoms with E-state index in [4.69, 9.17) is 11.6 Å². The Labute approximate surface area is 138 Å². The Morgan fingerprint density at radius 2 is 2.04 bits per heavy atom. The maximum absolute atomic E-state index is 12.5. The first kappa shape index (κ1) is 15.6. The number of aliphatic carboxylic acids is 1. The number of H-pyrrole nitrogens is 1. The Kier molecular flexibility index (Phi) is 3.85. The molecule has 1 amide bonds. The molecule has 1 atom stereocenters. The summed E-state index contributed by atoms with van der Waals surface area (Å²) in [4.78, 5) is 25.3. The molecule has 7 heteroatoms. The molecular weight excluding hydrogens is 318 g/mol. The highest BCUT2D eigenvalue weighted by molar-refractivity contribution is 6.30. The van der Waals surface area contributed by atoms with Crippen LogP contribution in [-0.4, -0.2) is 45.2 Å². The van der Waals surface area contributed by atoms with Gasteiger partial charge in [0.25, 0.3) is 5.91 Å². The van der Waals surface area contributed by atoms with E-state index in [-0.39, 0.29) is 12.5 Å². The summed E-state index contributed by atoms with van der Waals surface area (Å²) in [5.74, 6) is -1.11. The van der Waals surface area contributed by atoms with Crippen LogP contribution in [0.25, 0.3) is 11.3 Å². The first-order chi connectivity index (χ1) is 10.9. The van der Waals surface area contributed by atoms with Crippen LogP contribution in [0.4, 0.5) is 0 Å². The second-order valence-electron chi connectivity index (χ2n) is 6.02. The predicted molar refractivity (Wildman–Crippen MR) is 85.3 cm³/mol. The van der Waals surface area contributed by atoms with E-state index >= 15 is 0 Å². The Morgan fingerprint density at radius 1 is 1.35 bits per heavy atom. The number of carboxylic acids is 1. The smallest absolute Gasteiger partial charge is 0.311 e. The number of carboxylic acid groups (broad SMARTS) is 1. The lowest BCUT2D eigenvalue weighted by molar-refractivity contribution is -0.147. The number of amides is 1. The van der Waals surface area contributed by atoms with Crippen LogP contribution in [0.5, 0.6) is 0 Å². The van der Waals surface area contributed by atoms with E-state index < -0.39 is 11.4 Å². The second-order valence-corrected chi connectivity index (χ2v) is 6.45. The van der Waals surface area contributed by atoms with Crippen LogP contribution in [0.1, 0.15) is 23.8 Å². The van der Waals surface area contributed by atoms with Gasteiger partial charge in [-0.25, -0.2) is 0 Å². The number of rotatable bonds is 3. The van der Waals surface area contributed by atoms with Crippen molar-refractivity contribution in [2.75, 3.05) is 13.1 Å². The monoisotopic (exact) mass is 333 g/mol. The largest absolute Gasteiger partial charge is 0.481 e. The fraction of sp³-hybridized carbons (Fsp3) is 0.312. The molecule has 1 aromatic carbocycles. The first-order valence-electron chi connectivity index (χ1n) is 7.23. The van der Waals surface area contributed by atoms with Crippen LogP contribution in [0.15, 0.2) is 30.3 Å². The van der Waals surface area contributed by atoms with Crippen LogP contribution >= 0.6 is 11.6 Å². The van der Waals surface area contributed by atoms with Gasteiger partial charge in [0.05, 0.1) is 11.1 Å². The average Bonchev–Trinajstić information content (AvgIpc) is 3.15. The Bertz CT molecular complexity index is 756. The second kappa shape index (κ2) is 5.70. The van der Waals surface area contributed by atoms with E-state index in [0.717, 1.165) is 5.56 Å². The minimum absolute atomic E-state index is 0.205. The quantitative estimate of drug-likeness (QED) is 0.904. The lowest BCUT2D eigenvalue weighted by atomic mass is 9.90. The van der Waals surface area contributed by atoms with Crippen molar-refractivity contribution in [3.8, 4) is 11.3 Å². The molecule has 23 heavy (non-hydrogen) atoms. The third-order valence-electron chi connectivity index (χ3n) is 4.23. The molecule has 1 fully saturated rings. The number of benzene rings is 1. The van der Waals surface area contributed by atoms with Gasteiger partial charge in [0.2, 0.25) is 0 Å². The van der Waals surface area contributed by atoms with Gasteiger partial charge < -0.3 is 10.0 Å². The highest BCUT2D eigenvalue weighted by atomic mass is 35.5. The summed E-state index contributed by atoms with van der Waals surface area (Å²) in [6.07, 6.45) is 0.451. The molecule has 0 spiro atoms. The van der Waals surface area contributed by atoms with Gasteiger partial charge in [-0.2, -0.15) is 5.10 Å². The molecule has 6 nitrogen and oxygen atoms in total. The van der Waals surface area contributed by atoms with Crippen LogP contribution < -0.4 is 0 Å². The number of carbonyl (C=O) groups is 2.